The number of hydrogen-bond acceptors (Lipinski definition) is 3. The molecule has 0 aliphatic rings. The van der Waals surface area contributed by atoms with E-state index in [1.165, 1.54) is 0 Å². The largest absolute Gasteiger partial charge is 0.364 e. The second-order valence-corrected chi connectivity index (χ2v) is 3.04. The summed E-state index contributed by atoms with van der Waals surface area (Å²) < 4.78 is 0. The fourth-order valence-corrected chi connectivity index (χ4v) is 1.42. The fraction of sp³-hybridized carbons (Fsp3) is 0.100. The van der Waals surface area contributed by atoms with Crippen LogP contribution in [0.15, 0.2) is 24.3 Å². The van der Waals surface area contributed by atoms with Crippen LogP contribution in [0.25, 0.3) is 10.8 Å². The van der Waals surface area contributed by atoms with Crippen LogP contribution in [0.2, 0.25) is 0 Å². The van der Waals surface area contributed by atoms with Gasteiger partial charge in [0.1, 0.15) is 0 Å². The molecule has 0 saturated heterocycles. The molecule has 2 N–H and O–H groups in total. The molecule has 0 aliphatic carbocycles. The van der Waals surface area contributed by atoms with Gasteiger partial charge in [0.05, 0.1) is 5.69 Å². The summed E-state index contributed by atoms with van der Waals surface area (Å²) in [6, 6.07) is 7.45. The number of carbonyl (C=O) groups excluding carboxylic acids is 1. The Hall–Kier alpha value is -1.97. The van der Waals surface area contributed by atoms with Crippen molar-refractivity contribution in [3.63, 3.8) is 0 Å². The Morgan fingerprint density at radius 2 is 1.86 bits per heavy atom. The number of rotatable bonds is 1. The minimum absolute atomic E-state index is 0.228. The molecule has 4 nitrogen and oxygen atoms in total. The van der Waals surface area contributed by atoms with E-state index in [9.17, 15) is 4.79 Å². The standard InChI is InChI=1S/C10H9N3O/c1-6-7-4-2-3-5-8(7)9(10(11)14)13-12-6/h2-5H,1H3,(H2,11,14). The van der Waals surface area contributed by atoms with Crippen molar-refractivity contribution in [2.75, 3.05) is 0 Å². The summed E-state index contributed by atoms with van der Waals surface area (Å²) in [6.07, 6.45) is 0. The van der Waals surface area contributed by atoms with Gasteiger partial charge in [-0.2, -0.15) is 5.10 Å². The van der Waals surface area contributed by atoms with Gasteiger partial charge in [-0.05, 0) is 6.92 Å². The third-order valence-corrected chi connectivity index (χ3v) is 2.11. The predicted octanol–water partition coefficient (Wildman–Crippen LogP) is 1.04. The Bertz CT molecular complexity index is 508. The van der Waals surface area contributed by atoms with Crippen molar-refractivity contribution < 1.29 is 4.79 Å². The summed E-state index contributed by atoms with van der Waals surface area (Å²) in [5, 5.41) is 9.33. The van der Waals surface area contributed by atoms with E-state index in [4.69, 9.17) is 5.73 Å². The van der Waals surface area contributed by atoms with Crippen LogP contribution in [0, 0.1) is 6.92 Å². The second kappa shape index (κ2) is 3.06. The lowest BCUT2D eigenvalue weighted by atomic mass is 10.1. The minimum Gasteiger partial charge on any atom is -0.364 e. The van der Waals surface area contributed by atoms with Crippen molar-refractivity contribution >= 4 is 16.7 Å². The topological polar surface area (TPSA) is 68.9 Å². The Kier molecular flexibility index (Phi) is 1.89. The van der Waals surface area contributed by atoms with Gasteiger partial charge in [0, 0.05) is 10.8 Å². The first-order chi connectivity index (χ1) is 6.70. The molecule has 1 amide bonds. The number of benzene rings is 1. The van der Waals surface area contributed by atoms with Crippen LogP contribution in [0.5, 0.6) is 0 Å². The molecule has 2 rings (SSSR count). The van der Waals surface area contributed by atoms with Gasteiger partial charge in [-0.15, -0.1) is 5.10 Å². The molecule has 0 aliphatic heterocycles. The summed E-state index contributed by atoms with van der Waals surface area (Å²) in [5.41, 5.74) is 6.21. The quantitative estimate of drug-likeness (QED) is 0.725. The van der Waals surface area contributed by atoms with Gasteiger partial charge >= 0.3 is 0 Å². The Balaban J connectivity index is 2.88. The van der Waals surface area contributed by atoms with E-state index in [0.29, 0.717) is 0 Å². The van der Waals surface area contributed by atoms with E-state index in [1.807, 2.05) is 31.2 Å². The Labute approximate surface area is 80.8 Å². The van der Waals surface area contributed by atoms with Gasteiger partial charge < -0.3 is 5.73 Å². The number of hydrogen-bond donors (Lipinski definition) is 1. The number of primary amides is 1. The van der Waals surface area contributed by atoms with Crippen molar-refractivity contribution in [3.8, 4) is 0 Å². The first-order valence-corrected chi connectivity index (χ1v) is 4.22. The number of aromatic nitrogens is 2. The lowest BCUT2D eigenvalue weighted by Gasteiger charge is -2.02. The molecule has 14 heavy (non-hydrogen) atoms. The first-order valence-electron chi connectivity index (χ1n) is 4.22. The molecule has 4 heteroatoms. The van der Waals surface area contributed by atoms with Gasteiger partial charge in [-0.25, -0.2) is 0 Å². The van der Waals surface area contributed by atoms with E-state index in [-0.39, 0.29) is 5.69 Å². The van der Waals surface area contributed by atoms with Gasteiger partial charge in [0.2, 0.25) is 0 Å². The third kappa shape index (κ3) is 1.21. The highest BCUT2D eigenvalue weighted by Gasteiger charge is 2.09. The zero-order valence-corrected chi connectivity index (χ0v) is 7.69. The SMILES string of the molecule is Cc1nnc(C(N)=O)c2ccccc12. The molecule has 0 unspecified atom stereocenters. The van der Waals surface area contributed by atoms with E-state index in [0.717, 1.165) is 16.5 Å². The zero-order valence-electron chi connectivity index (χ0n) is 7.69. The number of amides is 1. The van der Waals surface area contributed by atoms with Crippen molar-refractivity contribution in [1.82, 2.24) is 10.2 Å². The zero-order chi connectivity index (χ0) is 10.1. The maximum absolute atomic E-state index is 11.0. The highest BCUT2D eigenvalue weighted by molar-refractivity contribution is 6.04. The van der Waals surface area contributed by atoms with Crippen LogP contribution in [0.4, 0.5) is 0 Å². The predicted molar refractivity (Wildman–Crippen MR) is 52.8 cm³/mol. The van der Waals surface area contributed by atoms with E-state index < -0.39 is 5.91 Å². The molecule has 0 atom stereocenters. The Morgan fingerprint density at radius 3 is 2.50 bits per heavy atom. The molecular weight excluding hydrogens is 178 g/mol. The van der Waals surface area contributed by atoms with Crippen molar-refractivity contribution in [2.24, 2.45) is 5.73 Å². The summed E-state index contributed by atoms with van der Waals surface area (Å²) in [7, 11) is 0. The van der Waals surface area contributed by atoms with E-state index in [1.54, 1.807) is 0 Å². The van der Waals surface area contributed by atoms with Crippen LogP contribution >= 0.6 is 0 Å². The monoisotopic (exact) mass is 187 g/mol. The Morgan fingerprint density at radius 1 is 1.21 bits per heavy atom. The lowest BCUT2D eigenvalue weighted by Crippen LogP contribution is -2.14. The van der Waals surface area contributed by atoms with Crippen LogP contribution in [-0.4, -0.2) is 16.1 Å². The highest BCUT2D eigenvalue weighted by Crippen LogP contribution is 2.17. The molecule has 1 aromatic carbocycles. The summed E-state index contributed by atoms with van der Waals surface area (Å²) in [6.45, 7) is 1.85. The smallest absolute Gasteiger partial charge is 0.269 e. The third-order valence-electron chi connectivity index (χ3n) is 2.11. The van der Waals surface area contributed by atoms with Crippen molar-refractivity contribution in [3.05, 3.63) is 35.7 Å². The van der Waals surface area contributed by atoms with Crippen LogP contribution in [0.1, 0.15) is 16.2 Å². The summed E-state index contributed by atoms with van der Waals surface area (Å²) >= 11 is 0. The molecule has 70 valence electrons. The molecule has 0 fully saturated rings. The summed E-state index contributed by atoms with van der Waals surface area (Å²) in [4.78, 5) is 11.0. The maximum atomic E-state index is 11.0. The molecule has 0 saturated carbocycles. The van der Waals surface area contributed by atoms with Crippen molar-refractivity contribution in [1.29, 1.82) is 0 Å². The first kappa shape index (κ1) is 8.62. The molecular formula is C10H9N3O. The maximum Gasteiger partial charge on any atom is 0.269 e. The summed E-state index contributed by atoms with van der Waals surface area (Å²) in [5.74, 6) is -0.547. The van der Waals surface area contributed by atoms with Crippen LogP contribution in [-0.2, 0) is 0 Å². The number of carbonyl (C=O) groups is 1. The normalized spacial score (nSPS) is 10.4. The van der Waals surface area contributed by atoms with Crippen molar-refractivity contribution in [2.45, 2.75) is 6.92 Å². The number of nitrogens with zero attached hydrogens (tertiary/aromatic N) is 2. The average Bonchev–Trinajstić information content (AvgIpc) is 2.18. The number of aryl methyl sites for hydroxylation is 1. The van der Waals surface area contributed by atoms with Gasteiger partial charge in [-0.3, -0.25) is 4.79 Å². The second-order valence-electron chi connectivity index (χ2n) is 3.04. The van der Waals surface area contributed by atoms with Crippen LogP contribution < -0.4 is 5.73 Å². The number of nitrogens with two attached hydrogens (primary N) is 1. The molecule has 1 aromatic heterocycles. The van der Waals surface area contributed by atoms with E-state index >= 15 is 0 Å². The number of fused-ring (bicyclic) bond motifs is 1. The molecule has 0 radical (unpaired) electrons. The van der Waals surface area contributed by atoms with Gasteiger partial charge in [0.25, 0.3) is 5.91 Å². The molecule has 0 spiro atoms. The fourth-order valence-electron chi connectivity index (χ4n) is 1.42. The van der Waals surface area contributed by atoms with Gasteiger partial charge in [0.15, 0.2) is 5.69 Å². The average molecular weight is 187 g/mol. The van der Waals surface area contributed by atoms with Gasteiger partial charge in [-0.1, -0.05) is 24.3 Å². The molecule has 1 heterocycles. The van der Waals surface area contributed by atoms with Crippen LogP contribution in [0.3, 0.4) is 0 Å². The molecule has 2 aromatic rings. The molecule has 0 bridgehead atoms. The highest BCUT2D eigenvalue weighted by atomic mass is 16.1. The minimum atomic E-state index is -0.547. The lowest BCUT2D eigenvalue weighted by molar-refractivity contribution is 0.0996. The van der Waals surface area contributed by atoms with E-state index in [2.05, 4.69) is 10.2 Å².